The van der Waals surface area contributed by atoms with E-state index in [2.05, 4.69) is 5.32 Å². The highest BCUT2D eigenvalue weighted by Gasteiger charge is 2.36. The Morgan fingerprint density at radius 2 is 1.81 bits per heavy atom. The minimum Gasteiger partial charge on any atom is -0.484 e. The van der Waals surface area contributed by atoms with Gasteiger partial charge in [-0.3, -0.25) is 14.5 Å². The van der Waals surface area contributed by atoms with Gasteiger partial charge in [-0.2, -0.15) is 0 Å². The van der Waals surface area contributed by atoms with Gasteiger partial charge < -0.3 is 10.1 Å². The topological polar surface area (TPSA) is 58.6 Å². The van der Waals surface area contributed by atoms with Gasteiger partial charge in [0.05, 0.1) is 11.4 Å². The molecule has 1 fully saturated rings. The van der Waals surface area contributed by atoms with Gasteiger partial charge in [-0.25, -0.2) is 8.78 Å². The summed E-state index contributed by atoms with van der Waals surface area (Å²) in [6.07, 6.45) is 0. The predicted molar refractivity (Wildman–Crippen MR) is 116 cm³/mol. The Morgan fingerprint density at radius 1 is 1.06 bits per heavy atom. The first-order valence-electron chi connectivity index (χ1n) is 9.48. The SMILES string of the molecule is O=C(COc1ccccc1)Nc1ccccc1[C@H]1SCC(=O)N1c1ccc(F)cc1F. The van der Waals surface area contributed by atoms with Gasteiger partial charge in [0.25, 0.3) is 5.91 Å². The van der Waals surface area contributed by atoms with Gasteiger partial charge in [-0.15, -0.1) is 11.8 Å². The summed E-state index contributed by atoms with van der Waals surface area (Å²) in [5.74, 6) is -1.50. The molecule has 3 aromatic carbocycles. The largest absolute Gasteiger partial charge is 0.484 e. The van der Waals surface area contributed by atoms with Crippen molar-refractivity contribution in [3.8, 4) is 5.75 Å². The maximum Gasteiger partial charge on any atom is 0.262 e. The van der Waals surface area contributed by atoms with Crippen LogP contribution in [0.1, 0.15) is 10.9 Å². The van der Waals surface area contributed by atoms with Crippen LogP contribution in [0.4, 0.5) is 20.2 Å². The van der Waals surface area contributed by atoms with Crippen LogP contribution in [0, 0.1) is 11.6 Å². The highest BCUT2D eigenvalue weighted by Crippen LogP contribution is 2.44. The van der Waals surface area contributed by atoms with E-state index in [4.69, 9.17) is 4.74 Å². The van der Waals surface area contributed by atoms with Gasteiger partial charge in [0.2, 0.25) is 5.91 Å². The molecule has 5 nitrogen and oxygen atoms in total. The van der Waals surface area contributed by atoms with Gasteiger partial charge in [-0.05, 0) is 30.3 Å². The molecule has 1 atom stereocenters. The standard InChI is InChI=1S/C23H18F2N2O3S/c24-15-10-11-20(18(25)12-15)27-22(29)14-31-23(27)17-8-4-5-9-19(17)26-21(28)13-30-16-6-2-1-3-7-16/h1-12,23H,13-14H2,(H,26,28)/t23-/m1/s1. The fourth-order valence-corrected chi connectivity index (χ4v) is 4.47. The lowest BCUT2D eigenvalue weighted by Crippen LogP contribution is -2.29. The van der Waals surface area contributed by atoms with E-state index in [0.717, 1.165) is 12.1 Å². The van der Waals surface area contributed by atoms with E-state index in [0.29, 0.717) is 17.0 Å². The van der Waals surface area contributed by atoms with Crippen molar-refractivity contribution in [2.45, 2.75) is 5.37 Å². The summed E-state index contributed by atoms with van der Waals surface area (Å²) in [5.41, 5.74) is 1.12. The van der Waals surface area contributed by atoms with Crippen LogP contribution in [0.25, 0.3) is 0 Å². The zero-order chi connectivity index (χ0) is 21.8. The molecule has 0 aliphatic carbocycles. The molecule has 1 saturated heterocycles. The molecular weight excluding hydrogens is 422 g/mol. The average molecular weight is 440 g/mol. The number of thioether (sulfide) groups is 1. The number of halogens is 2. The van der Waals surface area contributed by atoms with E-state index >= 15 is 0 Å². The quantitative estimate of drug-likeness (QED) is 0.601. The second-order valence-corrected chi connectivity index (χ2v) is 7.83. The van der Waals surface area contributed by atoms with Crippen molar-refractivity contribution >= 4 is 35.0 Å². The number of nitrogens with zero attached hydrogens (tertiary/aromatic N) is 1. The molecule has 0 spiro atoms. The van der Waals surface area contributed by atoms with E-state index in [1.165, 1.54) is 22.7 Å². The third-order valence-corrected chi connectivity index (χ3v) is 5.85. The number of hydrogen-bond acceptors (Lipinski definition) is 4. The zero-order valence-electron chi connectivity index (χ0n) is 16.3. The van der Waals surface area contributed by atoms with Crippen LogP contribution in [0.3, 0.4) is 0 Å². The van der Waals surface area contributed by atoms with Crippen molar-refractivity contribution in [2.24, 2.45) is 0 Å². The Kier molecular flexibility index (Phi) is 6.18. The summed E-state index contributed by atoms with van der Waals surface area (Å²) in [7, 11) is 0. The Bertz CT molecular complexity index is 1110. The second kappa shape index (κ2) is 9.18. The van der Waals surface area contributed by atoms with Crippen LogP contribution < -0.4 is 15.0 Å². The van der Waals surface area contributed by atoms with Crippen molar-refractivity contribution in [1.82, 2.24) is 0 Å². The first-order chi connectivity index (χ1) is 15.0. The van der Waals surface area contributed by atoms with Crippen molar-refractivity contribution in [2.75, 3.05) is 22.6 Å². The lowest BCUT2D eigenvalue weighted by molar-refractivity contribution is -0.118. The number of hydrogen-bond donors (Lipinski definition) is 1. The monoisotopic (exact) mass is 440 g/mol. The molecule has 0 radical (unpaired) electrons. The molecule has 0 unspecified atom stereocenters. The van der Waals surface area contributed by atoms with Crippen molar-refractivity contribution in [3.63, 3.8) is 0 Å². The predicted octanol–water partition coefficient (Wildman–Crippen LogP) is 4.76. The molecule has 8 heteroatoms. The summed E-state index contributed by atoms with van der Waals surface area (Å²) in [4.78, 5) is 26.3. The molecular formula is C23H18F2N2O3S. The summed E-state index contributed by atoms with van der Waals surface area (Å²) >= 11 is 1.30. The smallest absolute Gasteiger partial charge is 0.262 e. The normalized spacial score (nSPS) is 15.7. The highest BCUT2D eigenvalue weighted by molar-refractivity contribution is 8.00. The van der Waals surface area contributed by atoms with Crippen LogP contribution in [0.5, 0.6) is 5.75 Å². The van der Waals surface area contributed by atoms with Crippen LogP contribution in [-0.4, -0.2) is 24.2 Å². The minimum absolute atomic E-state index is 0.00468. The zero-order valence-corrected chi connectivity index (χ0v) is 17.1. The van der Waals surface area contributed by atoms with Crippen LogP contribution in [0.2, 0.25) is 0 Å². The number of benzene rings is 3. The number of carbonyl (C=O) groups excluding carboxylic acids is 2. The van der Waals surface area contributed by atoms with E-state index in [1.54, 1.807) is 48.5 Å². The minimum atomic E-state index is -0.821. The summed E-state index contributed by atoms with van der Waals surface area (Å²) in [6, 6.07) is 19.0. The fraction of sp³-hybridized carbons (Fsp3) is 0.130. The molecule has 158 valence electrons. The number of amides is 2. The van der Waals surface area contributed by atoms with Crippen molar-refractivity contribution in [1.29, 1.82) is 0 Å². The Hall–Kier alpha value is -3.39. The van der Waals surface area contributed by atoms with E-state index in [9.17, 15) is 18.4 Å². The third-order valence-electron chi connectivity index (χ3n) is 4.65. The lowest BCUT2D eigenvalue weighted by atomic mass is 10.1. The molecule has 0 aromatic heterocycles. The Balaban J connectivity index is 1.55. The molecule has 1 heterocycles. The summed E-state index contributed by atoms with van der Waals surface area (Å²) in [5, 5.41) is 2.23. The van der Waals surface area contributed by atoms with Gasteiger partial charge in [0.15, 0.2) is 6.61 Å². The Labute approximate surface area is 182 Å². The first kappa shape index (κ1) is 20.9. The molecule has 2 amide bonds. The first-order valence-corrected chi connectivity index (χ1v) is 10.5. The number of carbonyl (C=O) groups is 2. The second-order valence-electron chi connectivity index (χ2n) is 6.76. The fourth-order valence-electron chi connectivity index (χ4n) is 3.27. The van der Waals surface area contributed by atoms with Crippen LogP contribution >= 0.6 is 11.8 Å². The van der Waals surface area contributed by atoms with Gasteiger partial charge in [0.1, 0.15) is 22.8 Å². The summed E-state index contributed by atoms with van der Waals surface area (Å²) in [6.45, 7) is -0.189. The number of para-hydroxylation sites is 2. The van der Waals surface area contributed by atoms with E-state index in [1.807, 2.05) is 6.07 Å². The molecule has 4 rings (SSSR count). The number of anilines is 2. The maximum atomic E-state index is 14.4. The van der Waals surface area contributed by atoms with Crippen molar-refractivity contribution < 1.29 is 23.1 Å². The van der Waals surface area contributed by atoms with Crippen LogP contribution in [0.15, 0.2) is 72.8 Å². The third kappa shape index (κ3) is 4.69. The molecule has 0 bridgehead atoms. The van der Waals surface area contributed by atoms with E-state index in [-0.39, 0.29) is 29.9 Å². The number of ether oxygens (including phenoxy) is 1. The molecule has 0 saturated carbocycles. The molecule has 3 aromatic rings. The average Bonchev–Trinajstić information content (AvgIpc) is 3.14. The molecule has 1 N–H and O–H groups in total. The molecule has 1 aliphatic heterocycles. The number of rotatable bonds is 6. The van der Waals surface area contributed by atoms with Gasteiger partial charge in [-0.1, -0.05) is 36.4 Å². The Morgan fingerprint density at radius 3 is 2.58 bits per heavy atom. The van der Waals surface area contributed by atoms with Gasteiger partial charge >= 0.3 is 0 Å². The highest BCUT2D eigenvalue weighted by atomic mass is 32.2. The number of nitrogens with one attached hydrogen (secondary N) is 1. The summed E-state index contributed by atoms with van der Waals surface area (Å²) < 4.78 is 33.2. The van der Waals surface area contributed by atoms with Crippen LogP contribution in [-0.2, 0) is 9.59 Å². The maximum absolute atomic E-state index is 14.4. The van der Waals surface area contributed by atoms with Gasteiger partial charge in [0, 0.05) is 17.3 Å². The molecule has 1 aliphatic rings. The molecule has 31 heavy (non-hydrogen) atoms. The lowest BCUT2D eigenvalue weighted by Gasteiger charge is -2.26. The van der Waals surface area contributed by atoms with Crippen molar-refractivity contribution in [3.05, 3.63) is 90.0 Å². The van der Waals surface area contributed by atoms with E-state index < -0.39 is 17.0 Å².